The second kappa shape index (κ2) is 4.40. The summed E-state index contributed by atoms with van der Waals surface area (Å²) in [5.41, 5.74) is 0.996. The van der Waals surface area contributed by atoms with E-state index in [9.17, 15) is 4.79 Å². The van der Waals surface area contributed by atoms with E-state index in [0.717, 1.165) is 30.5 Å². The van der Waals surface area contributed by atoms with Crippen molar-refractivity contribution in [2.24, 2.45) is 11.8 Å². The van der Waals surface area contributed by atoms with E-state index >= 15 is 0 Å². The zero-order valence-corrected chi connectivity index (χ0v) is 11.9. The first-order chi connectivity index (χ1) is 9.74. The number of fused-ring (bicyclic) bond motifs is 1. The Labute approximate surface area is 118 Å². The van der Waals surface area contributed by atoms with E-state index in [1.807, 2.05) is 16.8 Å². The summed E-state index contributed by atoms with van der Waals surface area (Å²) < 4.78 is 0. The fraction of sp³-hybridized carbons (Fsp3) is 0.714. The van der Waals surface area contributed by atoms with Crippen LogP contribution in [0, 0.1) is 11.8 Å². The number of carbonyl (C=O) groups excluding carboxylic acids is 1. The molecule has 0 radical (unpaired) electrons. The van der Waals surface area contributed by atoms with Crippen molar-refractivity contribution < 1.29 is 4.79 Å². The number of imidazole rings is 1. The van der Waals surface area contributed by atoms with Gasteiger partial charge in [-0.1, -0.05) is 0 Å². The van der Waals surface area contributed by atoms with Crippen LogP contribution in [0.15, 0.2) is 0 Å². The molecule has 1 aliphatic heterocycles. The summed E-state index contributed by atoms with van der Waals surface area (Å²) in [5, 5.41) is 3.03. The van der Waals surface area contributed by atoms with Crippen LogP contribution in [0.3, 0.4) is 0 Å². The third-order valence-electron chi connectivity index (χ3n) is 4.42. The Kier molecular flexibility index (Phi) is 2.65. The molecule has 4 rings (SSSR count). The lowest BCUT2D eigenvalue weighted by atomic mass is 10.2. The minimum Gasteiger partial charge on any atom is -0.359 e. The average molecular weight is 275 g/mol. The molecule has 3 aliphatic rings. The third kappa shape index (κ3) is 2.13. The van der Waals surface area contributed by atoms with E-state index in [2.05, 4.69) is 15.3 Å². The van der Waals surface area contributed by atoms with E-state index in [-0.39, 0.29) is 6.03 Å². The van der Waals surface area contributed by atoms with Crippen LogP contribution in [0.1, 0.15) is 31.4 Å². The highest BCUT2D eigenvalue weighted by molar-refractivity contribution is 5.93. The molecule has 2 amide bonds. The molecule has 20 heavy (non-hydrogen) atoms. The quantitative estimate of drug-likeness (QED) is 0.864. The maximum atomic E-state index is 12.7. The molecule has 108 valence electrons. The molecule has 1 aromatic rings. The molecule has 2 aliphatic carbocycles. The summed E-state index contributed by atoms with van der Waals surface area (Å²) in [6.07, 6.45) is 5.02. The number of carbonyl (C=O) groups is 1. The molecule has 0 atom stereocenters. The Bertz CT molecular complexity index is 532. The van der Waals surface area contributed by atoms with Crippen LogP contribution in [0.5, 0.6) is 0 Å². The number of nitrogens with one attached hydrogen (secondary N) is 2. The van der Waals surface area contributed by atoms with Crippen molar-refractivity contribution in [3.63, 3.8) is 0 Å². The monoisotopic (exact) mass is 275 g/mol. The molecule has 2 saturated carbocycles. The summed E-state index contributed by atoms with van der Waals surface area (Å²) in [4.78, 5) is 24.4. The molecule has 6 nitrogen and oxygen atoms in total. The topological polar surface area (TPSA) is 64.3 Å². The molecule has 0 spiro atoms. The normalized spacial score (nSPS) is 22.1. The molecule has 1 aromatic heterocycles. The van der Waals surface area contributed by atoms with Crippen molar-refractivity contribution in [3.05, 3.63) is 5.69 Å². The zero-order valence-electron chi connectivity index (χ0n) is 11.9. The molecule has 0 aromatic carbocycles. The molecular formula is C14H21N5O. The van der Waals surface area contributed by atoms with Crippen LogP contribution >= 0.6 is 0 Å². The van der Waals surface area contributed by atoms with E-state index in [1.165, 1.54) is 25.7 Å². The second-order valence-electron chi connectivity index (χ2n) is 6.29. The first-order valence-electron chi connectivity index (χ1n) is 7.57. The highest BCUT2D eigenvalue weighted by atomic mass is 16.2. The summed E-state index contributed by atoms with van der Waals surface area (Å²) in [7, 11) is 1.85. The van der Waals surface area contributed by atoms with E-state index in [4.69, 9.17) is 0 Å². The van der Waals surface area contributed by atoms with Gasteiger partial charge < -0.3 is 15.2 Å². The molecule has 0 unspecified atom stereocenters. The lowest BCUT2D eigenvalue weighted by Gasteiger charge is -2.34. The molecule has 2 heterocycles. The number of H-pyrrole nitrogens is 1. The molecule has 0 saturated heterocycles. The van der Waals surface area contributed by atoms with Gasteiger partial charge in [-0.3, -0.25) is 4.90 Å². The van der Waals surface area contributed by atoms with Gasteiger partial charge in [-0.25, -0.2) is 9.78 Å². The van der Waals surface area contributed by atoms with Crippen LogP contribution in [0.2, 0.25) is 0 Å². The van der Waals surface area contributed by atoms with Crippen molar-refractivity contribution in [2.75, 3.05) is 30.4 Å². The largest absolute Gasteiger partial charge is 0.359 e. The molecule has 2 N–H and O–H groups in total. The van der Waals surface area contributed by atoms with Gasteiger partial charge in [0.1, 0.15) is 11.5 Å². The number of nitrogens with zero attached hydrogens (tertiary/aromatic N) is 3. The molecule has 6 heteroatoms. The first kappa shape index (κ1) is 12.1. The average Bonchev–Trinajstić information content (AvgIpc) is 3.35. The standard InChI is InChI=1S/C14H21N5O/c1-15-13-16-11-8-18(6-9-2-3-9)14(20)19(12(11)17-13)7-10-4-5-10/h9-10H,2-8H2,1H3,(H2,15,16,17). The molecule has 0 bridgehead atoms. The maximum absolute atomic E-state index is 12.7. The lowest BCUT2D eigenvalue weighted by molar-refractivity contribution is 0.194. The summed E-state index contributed by atoms with van der Waals surface area (Å²) in [6.45, 7) is 2.36. The van der Waals surface area contributed by atoms with Gasteiger partial charge in [0.05, 0.1) is 6.54 Å². The summed E-state index contributed by atoms with van der Waals surface area (Å²) >= 11 is 0. The minimum atomic E-state index is 0.155. The number of urea groups is 1. The number of hydrogen-bond acceptors (Lipinski definition) is 3. The number of hydrogen-bond donors (Lipinski definition) is 2. The number of anilines is 2. The number of aromatic amines is 1. The Morgan fingerprint density at radius 1 is 1.25 bits per heavy atom. The van der Waals surface area contributed by atoms with Crippen LogP contribution in [-0.2, 0) is 6.54 Å². The molecular weight excluding hydrogens is 254 g/mol. The Morgan fingerprint density at radius 3 is 2.60 bits per heavy atom. The number of rotatable bonds is 5. The van der Waals surface area contributed by atoms with Gasteiger partial charge in [-0.2, -0.15) is 0 Å². The fourth-order valence-electron chi connectivity index (χ4n) is 2.85. The van der Waals surface area contributed by atoms with Crippen LogP contribution in [0.4, 0.5) is 16.6 Å². The summed E-state index contributed by atoms with van der Waals surface area (Å²) in [6, 6.07) is 0.155. The van der Waals surface area contributed by atoms with Crippen molar-refractivity contribution in [3.8, 4) is 0 Å². The minimum absolute atomic E-state index is 0.155. The van der Waals surface area contributed by atoms with E-state index in [0.29, 0.717) is 18.4 Å². The highest BCUT2D eigenvalue weighted by Gasteiger charge is 2.38. The van der Waals surface area contributed by atoms with Crippen molar-refractivity contribution >= 4 is 17.8 Å². The first-order valence-corrected chi connectivity index (χ1v) is 7.57. The lowest BCUT2D eigenvalue weighted by Crippen LogP contribution is -2.48. The Balaban J connectivity index is 1.62. The smallest absolute Gasteiger partial charge is 0.326 e. The Morgan fingerprint density at radius 2 is 1.95 bits per heavy atom. The van der Waals surface area contributed by atoms with Crippen molar-refractivity contribution in [1.82, 2.24) is 14.9 Å². The van der Waals surface area contributed by atoms with Gasteiger partial charge in [0.25, 0.3) is 0 Å². The summed E-state index contributed by atoms with van der Waals surface area (Å²) in [5.74, 6) is 3.04. The van der Waals surface area contributed by atoms with Gasteiger partial charge in [0, 0.05) is 20.1 Å². The van der Waals surface area contributed by atoms with Gasteiger partial charge in [0.2, 0.25) is 5.95 Å². The maximum Gasteiger partial charge on any atom is 0.326 e. The second-order valence-corrected chi connectivity index (χ2v) is 6.29. The third-order valence-corrected chi connectivity index (χ3v) is 4.42. The molecule has 2 fully saturated rings. The van der Waals surface area contributed by atoms with Crippen molar-refractivity contribution in [2.45, 2.75) is 32.2 Å². The predicted molar refractivity (Wildman–Crippen MR) is 76.7 cm³/mol. The number of amides is 2. The van der Waals surface area contributed by atoms with Gasteiger partial charge in [-0.05, 0) is 37.5 Å². The zero-order chi connectivity index (χ0) is 13.7. The van der Waals surface area contributed by atoms with Crippen LogP contribution < -0.4 is 10.2 Å². The Hall–Kier alpha value is -1.72. The van der Waals surface area contributed by atoms with Crippen molar-refractivity contribution in [1.29, 1.82) is 0 Å². The SMILES string of the molecule is CNc1nc2c([nH]1)N(CC1CC1)C(=O)N(CC1CC1)C2. The van der Waals surface area contributed by atoms with Gasteiger partial charge in [0.15, 0.2) is 0 Å². The van der Waals surface area contributed by atoms with Gasteiger partial charge in [-0.15, -0.1) is 0 Å². The van der Waals surface area contributed by atoms with Gasteiger partial charge >= 0.3 is 6.03 Å². The van der Waals surface area contributed by atoms with E-state index in [1.54, 1.807) is 0 Å². The highest BCUT2D eigenvalue weighted by Crippen LogP contribution is 2.37. The predicted octanol–water partition coefficient (Wildman–Crippen LogP) is 2.01. The van der Waals surface area contributed by atoms with Crippen LogP contribution in [0.25, 0.3) is 0 Å². The number of aromatic nitrogens is 2. The van der Waals surface area contributed by atoms with Crippen LogP contribution in [-0.4, -0.2) is 41.0 Å². The van der Waals surface area contributed by atoms with E-state index < -0.39 is 0 Å². The fourth-order valence-corrected chi connectivity index (χ4v) is 2.85.